The van der Waals surface area contributed by atoms with Crippen LogP contribution in [0.2, 0.25) is 0 Å². The molecule has 3 N–H and O–H groups in total. The van der Waals surface area contributed by atoms with Crippen molar-refractivity contribution in [3.8, 4) is 0 Å². The molecule has 2 heterocycles. The standard InChI is InChI=1S/C20H36N5O4P/c1-4-5-6-7-8-9-10-11-12-22-30(27,28)15-29-16(2)13-25-14-21-18-19(25)23-17(3)24-20(18)26/h14,16H,4-13,15H2,1-3H3,(H2,22,27,28)(H,23,24,26). The summed E-state index contributed by atoms with van der Waals surface area (Å²) in [6.45, 7) is 6.62. The van der Waals surface area contributed by atoms with E-state index < -0.39 is 7.52 Å². The third kappa shape index (κ3) is 8.30. The van der Waals surface area contributed by atoms with Gasteiger partial charge in [-0.15, -0.1) is 0 Å². The first-order valence-electron chi connectivity index (χ1n) is 10.9. The smallest absolute Gasteiger partial charge is 0.292 e. The molecule has 10 heteroatoms. The number of H-pyrrole nitrogens is 1. The summed E-state index contributed by atoms with van der Waals surface area (Å²) in [5.74, 6) is 0.507. The fraction of sp³-hybridized carbons (Fsp3) is 0.750. The molecule has 0 saturated heterocycles. The lowest BCUT2D eigenvalue weighted by molar-refractivity contribution is 0.0816. The number of fused-ring (bicyclic) bond motifs is 1. The van der Waals surface area contributed by atoms with Gasteiger partial charge in [-0.05, 0) is 20.3 Å². The van der Waals surface area contributed by atoms with Crippen LogP contribution in [0.4, 0.5) is 0 Å². The molecule has 2 aromatic heterocycles. The second kappa shape index (κ2) is 12.3. The Morgan fingerprint density at radius 2 is 1.90 bits per heavy atom. The van der Waals surface area contributed by atoms with Crippen LogP contribution in [-0.4, -0.2) is 43.4 Å². The van der Waals surface area contributed by atoms with Crippen molar-refractivity contribution in [3.63, 3.8) is 0 Å². The van der Waals surface area contributed by atoms with E-state index in [1.807, 2.05) is 6.92 Å². The largest absolute Gasteiger partial charge is 0.365 e. The van der Waals surface area contributed by atoms with E-state index in [-0.39, 0.29) is 23.5 Å². The van der Waals surface area contributed by atoms with Gasteiger partial charge >= 0.3 is 0 Å². The van der Waals surface area contributed by atoms with E-state index >= 15 is 0 Å². The molecule has 0 radical (unpaired) electrons. The van der Waals surface area contributed by atoms with Crippen molar-refractivity contribution in [2.45, 2.75) is 84.8 Å². The minimum Gasteiger partial charge on any atom is -0.365 e. The predicted molar refractivity (Wildman–Crippen MR) is 119 cm³/mol. The van der Waals surface area contributed by atoms with Gasteiger partial charge < -0.3 is 19.2 Å². The fourth-order valence-corrected chi connectivity index (χ4v) is 4.37. The Morgan fingerprint density at radius 3 is 2.60 bits per heavy atom. The average Bonchev–Trinajstić information content (AvgIpc) is 3.08. The highest BCUT2D eigenvalue weighted by atomic mass is 31.2. The number of aromatic nitrogens is 4. The number of nitrogens with zero attached hydrogens (tertiary/aromatic N) is 3. The summed E-state index contributed by atoms with van der Waals surface area (Å²) < 4.78 is 19.6. The molecule has 0 bridgehead atoms. The Morgan fingerprint density at radius 1 is 1.23 bits per heavy atom. The Bertz CT molecular complexity index is 882. The van der Waals surface area contributed by atoms with Gasteiger partial charge in [0.25, 0.3) is 13.1 Å². The van der Waals surface area contributed by atoms with Crippen LogP contribution in [0.1, 0.15) is 71.0 Å². The maximum absolute atomic E-state index is 12.3. The molecule has 0 aliphatic rings. The van der Waals surface area contributed by atoms with Gasteiger partial charge in [-0.3, -0.25) is 9.36 Å². The molecule has 0 amide bonds. The summed E-state index contributed by atoms with van der Waals surface area (Å²) in [7, 11) is -3.54. The quantitative estimate of drug-likeness (QED) is 0.284. The molecule has 0 aliphatic carbocycles. The average molecular weight is 442 g/mol. The number of aryl methyl sites for hydroxylation is 1. The first-order chi connectivity index (χ1) is 14.3. The molecular formula is C20H36N5O4P. The highest BCUT2D eigenvalue weighted by Gasteiger charge is 2.20. The van der Waals surface area contributed by atoms with Gasteiger partial charge in [-0.1, -0.05) is 51.9 Å². The highest BCUT2D eigenvalue weighted by molar-refractivity contribution is 7.55. The lowest BCUT2D eigenvalue weighted by Gasteiger charge is -2.18. The SMILES string of the molecule is CCCCCCCCCCNP(=O)(O)COC(C)Cn1cnc2c(=O)[nH]c(C)nc21. The number of rotatable bonds is 15. The molecule has 0 aromatic carbocycles. The minimum absolute atomic E-state index is 0.259. The molecule has 9 nitrogen and oxygen atoms in total. The summed E-state index contributed by atoms with van der Waals surface area (Å²) in [6, 6.07) is 0. The van der Waals surface area contributed by atoms with Crippen molar-refractivity contribution in [2.24, 2.45) is 0 Å². The lowest BCUT2D eigenvalue weighted by Crippen LogP contribution is -2.21. The Labute approximate surface area is 178 Å². The Hall–Kier alpha value is -1.54. The van der Waals surface area contributed by atoms with E-state index in [0.29, 0.717) is 24.6 Å². The van der Waals surface area contributed by atoms with E-state index in [1.165, 1.54) is 44.9 Å². The summed E-state index contributed by atoms with van der Waals surface area (Å²) in [6.07, 6.45) is 10.4. The van der Waals surface area contributed by atoms with Crippen LogP contribution in [0.25, 0.3) is 11.2 Å². The molecule has 2 rings (SSSR count). The number of unbranched alkanes of at least 4 members (excludes halogenated alkanes) is 7. The van der Waals surface area contributed by atoms with Gasteiger partial charge in [0, 0.05) is 6.54 Å². The predicted octanol–water partition coefficient (Wildman–Crippen LogP) is 3.71. The number of aromatic amines is 1. The second-order valence-corrected chi connectivity index (χ2v) is 9.89. The normalized spacial score (nSPS) is 14.8. The minimum atomic E-state index is -3.54. The van der Waals surface area contributed by atoms with Crippen LogP contribution < -0.4 is 10.6 Å². The maximum Gasteiger partial charge on any atom is 0.292 e. The van der Waals surface area contributed by atoms with Crippen molar-refractivity contribution >= 4 is 18.7 Å². The van der Waals surface area contributed by atoms with Crippen molar-refractivity contribution in [1.82, 2.24) is 24.6 Å². The topological polar surface area (TPSA) is 122 Å². The van der Waals surface area contributed by atoms with E-state index in [0.717, 1.165) is 12.8 Å². The summed E-state index contributed by atoms with van der Waals surface area (Å²) in [4.78, 5) is 33.0. The van der Waals surface area contributed by atoms with Crippen LogP contribution in [0.5, 0.6) is 0 Å². The molecule has 0 saturated carbocycles. The van der Waals surface area contributed by atoms with Crippen molar-refractivity contribution < 1.29 is 14.2 Å². The van der Waals surface area contributed by atoms with Gasteiger partial charge in [0.1, 0.15) is 12.2 Å². The molecule has 30 heavy (non-hydrogen) atoms. The fourth-order valence-electron chi connectivity index (χ4n) is 3.31. The highest BCUT2D eigenvalue weighted by Crippen LogP contribution is 2.35. The van der Waals surface area contributed by atoms with E-state index in [1.54, 1.807) is 11.5 Å². The van der Waals surface area contributed by atoms with E-state index in [2.05, 4.69) is 27.0 Å². The van der Waals surface area contributed by atoms with Crippen LogP contribution >= 0.6 is 7.52 Å². The third-order valence-corrected chi connectivity index (χ3v) is 6.19. The second-order valence-electron chi connectivity index (χ2n) is 7.91. The van der Waals surface area contributed by atoms with E-state index in [9.17, 15) is 14.3 Å². The zero-order valence-corrected chi connectivity index (χ0v) is 19.3. The Kier molecular flexibility index (Phi) is 10.2. The Balaban J connectivity index is 1.68. The zero-order chi connectivity index (χ0) is 22.0. The molecule has 2 atom stereocenters. The van der Waals surface area contributed by atoms with Gasteiger partial charge in [0.05, 0.1) is 19.0 Å². The number of nitrogens with one attached hydrogen (secondary N) is 2. The lowest BCUT2D eigenvalue weighted by atomic mass is 10.1. The van der Waals surface area contributed by atoms with Crippen LogP contribution in [0.15, 0.2) is 11.1 Å². The van der Waals surface area contributed by atoms with E-state index in [4.69, 9.17) is 4.74 Å². The first kappa shape index (κ1) is 24.7. The molecule has 0 aliphatic heterocycles. The van der Waals surface area contributed by atoms with Crippen molar-refractivity contribution in [2.75, 3.05) is 12.9 Å². The van der Waals surface area contributed by atoms with Crippen LogP contribution in [0, 0.1) is 6.92 Å². The van der Waals surface area contributed by atoms with Gasteiger partial charge in [0.15, 0.2) is 11.2 Å². The molecule has 170 valence electrons. The first-order valence-corrected chi connectivity index (χ1v) is 12.8. The maximum atomic E-state index is 12.3. The van der Waals surface area contributed by atoms with Crippen LogP contribution in [-0.2, 0) is 15.8 Å². The van der Waals surface area contributed by atoms with Crippen LogP contribution in [0.3, 0.4) is 0 Å². The molecule has 0 fully saturated rings. The number of hydrogen-bond acceptors (Lipinski definition) is 5. The number of imidazole rings is 1. The monoisotopic (exact) mass is 441 g/mol. The van der Waals surface area contributed by atoms with Gasteiger partial charge in [-0.2, -0.15) is 0 Å². The summed E-state index contributed by atoms with van der Waals surface area (Å²) in [5.41, 5.74) is 0.467. The molecule has 2 unspecified atom stereocenters. The number of ether oxygens (including phenoxy) is 1. The summed E-state index contributed by atoms with van der Waals surface area (Å²) in [5, 5.41) is 2.74. The van der Waals surface area contributed by atoms with Crippen molar-refractivity contribution in [3.05, 3.63) is 22.5 Å². The molecule has 0 spiro atoms. The third-order valence-electron chi connectivity index (χ3n) is 4.97. The van der Waals surface area contributed by atoms with Crippen molar-refractivity contribution in [1.29, 1.82) is 0 Å². The zero-order valence-electron chi connectivity index (χ0n) is 18.4. The van der Waals surface area contributed by atoms with Gasteiger partial charge in [0.2, 0.25) is 0 Å². The molecule has 2 aromatic rings. The number of hydrogen-bond donors (Lipinski definition) is 3. The summed E-state index contributed by atoms with van der Waals surface area (Å²) >= 11 is 0. The van der Waals surface area contributed by atoms with Gasteiger partial charge in [-0.25, -0.2) is 15.1 Å². The molecular weight excluding hydrogens is 405 g/mol.